The lowest BCUT2D eigenvalue weighted by molar-refractivity contribution is -0.142. The smallest absolute Gasteiger partial charge is 0.205 e. The molecule has 2 aromatic rings. The van der Waals surface area contributed by atoms with E-state index in [0.29, 0.717) is 24.3 Å². The predicted molar refractivity (Wildman–Crippen MR) is 66.5 cm³/mol. The molecule has 0 unspecified atom stereocenters. The van der Waals surface area contributed by atoms with E-state index in [1.807, 2.05) is 0 Å². The van der Waals surface area contributed by atoms with Gasteiger partial charge in [-0.2, -0.15) is 31.6 Å². The molecule has 0 amide bonds. The van der Waals surface area contributed by atoms with Gasteiger partial charge in [-0.1, -0.05) is 6.07 Å². The summed E-state index contributed by atoms with van der Waals surface area (Å²) in [6.45, 7) is 0. The van der Waals surface area contributed by atoms with Crippen molar-refractivity contribution in [3.05, 3.63) is 58.7 Å². The first kappa shape index (κ1) is 17.7. The highest BCUT2D eigenvalue weighted by Gasteiger charge is 2.39. The van der Waals surface area contributed by atoms with E-state index in [-0.39, 0.29) is 6.07 Å². The van der Waals surface area contributed by atoms with Gasteiger partial charge in [0.05, 0.1) is 11.1 Å². The van der Waals surface area contributed by atoms with E-state index in [1.165, 1.54) is 0 Å². The maximum Gasteiger partial charge on any atom is 0.417 e. The molecule has 0 fully saturated rings. The van der Waals surface area contributed by atoms with Crippen molar-refractivity contribution in [2.45, 2.75) is 12.4 Å². The zero-order valence-corrected chi connectivity index (χ0v) is 11.4. The van der Waals surface area contributed by atoms with Gasteiger partial charge in [0, 0.05) is 5.56 Å². The zero-order chi connectivity index (χ0) is 18.3. The summed E-state index contributed by atoms with van der Waals surface area (Å²) in [7, 11) is 0. The first-order chi connectivity index (χ1) is 11.0. The van der Waals surface area contributed by atoms with Gasteiger partial charge in [0.15, 0.2) is 5.82 Å². The van der Waals surface area contributed by atoms with Crippen LogP contribution in [0.5, 0.6) is 0 Å². The lowest BCUT2D eigenvalue weighted by atomic mass is 9.95. The highest BCUT2D eigenvalue weighted by Crippen LogP contribution is 2.41. The van der Waals surface area contributed by atoms with E-state index in [4.69, 9.17) is 5.26 Å². The molecule has 0 atom stereocenters. The number of rotatable bonds is 1. The SMILES string of the molecule is N#Cc1c(F)ccc(-c2ccc(C(F)(F)F)cc2C(F)(F)F)c1F. The molecule has 126 valence electrons. The van der Waals surface area contributed by atoms with Crippen molar-refractivity contribution < 1.29 is 35.1 Å². The van der Waals surface area contributed by atoms with Crippen molar-refractivity contribution in [2.24, 2.45) is 0 Å². The molecule has 0 heterocycles. The van der Waals surface area contributed by atoms with Crippen LogP contribution in [0.25, 0.3) is 11.1 Å². The number of hydrogen-bond acceptors (Lipinski definition) is 1. The van der Waals surface area contributed by atoms with E-state index in [2.05, 4.69) is 0 Å². The molecule has 0 aromatic heterocycles. The largest absolute Gasteiger partial charge is 0.417 e. The van der Waals surface area contributed by atoms with Crippen LogP contribution >= 0.6 is 0 Å². The van der Waals surface area contributed by atoms with Gasteiger partial charge in [-0.3, -0.25) is 0 Å². The standard InChI is InChI=1S/C15H5F8N/c16-12-4-3-9(13(17)10(12)6-24)8-2-1-7(14(18,19)20)5-11(8)15(21,22)23/h1-5H. The average molecular weight is 351 g/mol. The summed E-state index contributed by atoms with van der Waals surface area (Å²) >= 11 is 0. The fourth-order valence-electron chi connectivity index (χ4n) is 2.05. The van der Waals surface area contributed by atoms with Crippen molar-refractivity contribution >= 4 is 0 Å². The first-order valence-electron chi connectivity index (χ1n) is 6.13. The Balaban J connectivity index is 2.79. The number of nitrogens with zero attached hydrogens (tertiary/aromatic N) is 1. The van der Waals surface area contributed by atoms with Crippen molar-refractivity contribution in [1.29, 1.82) is 5.26 Å². The van der Waals surface area contributed by atoms with Gasteiger partial charge in [-0.05, 0) is 29.8 Å². The van der Waals surface area contributed by atoms with Crippen molar-refractivity contribution in [3.8, 4) is 17.2 Å². The number of nitriles is 1. The second kappa shape index (κ2) is 5.78. The monoisotopic (exact) mass is 351 g/mol. The molecule has 0 saturated heterocycles. The van der Waals surface area contributed by atoms with Crippen LogP contribution in [0.3, 0.4) is 0 Å². The summed E-state index contributed by atoms with van der Waals surface area (Å²) in [5.41, 5.74) is -6.19. The molecule has 0 radical (unpaired) electrons. The second-order valence-electron chi connectivity index (χ2n) is 4.65. The van der Waals surface area contributed by atoms with Gasteiger partial charge in [0.2, 0.25) is 0 Å². The van der Waals surface area contributed by atoms with Crippen LogP contribution < -0.4 is 0 Å². The van der Waals surface area contributed by atoms with Gasteiger partial charge in [0.1, 0.15) is 17.4 Å². The number of alkyl halides is 6. The Morgan fingerprint density at radius 2 is 1.38 bits per heavy atom. The molecular formula is C15H5F8N. The molecule has 24 heavy (non-hydrogen) atoms. The minimum Gasteiger partial charge on any atom is -0.205 e. The van der Waals surface area contributed by atoms with Gasteiger partial charge >= 0.3 is 12.4 Å². The molecular weight excluding hydrogens is 346 g/mol. The molecule has 0 aliphatic carbocycles. The molecule has 0 N–H and O–H groups in total. The summed E-state index contributed by atoms with van der Waals surface area (Å²) in [4.78, 5) is 0. The highest BCUT2D eigenvalue weighted by atomic mass is 19.4. The van der Waals surface area contributed by atoms with E-state index in [9.17, 15) is 35.1 Å². The summed E-state index contributed by atoms with van der Waals surface area (Å²) in [5, 5.41) is 8.65. The summed E-state index contributed by atoms with van der Waals surface area (Å²) in [6.07, 6.45) is -10.2. The minimum atomic E-state index is -5.22. The molecule has 1 nitrogen and oxygen atoms in total. The van der Waals surface area contributed by atoms with E-state index in [0.717, 1.165) is 6.07 Å². The average Bonchev–Trinajstić information content (AvgIpc) is 2.45. The van der Waals surface area contributed by atoms with Gasteiger partial charge in [0.25, 0.3) is 0 Å². The fraction of sp³-hybridized carbons (Fsp3) is 0.133. The van der Waals surface area contributed by atoms with Gasteiger partial charge in [-0.15, -0.1) is 0 Å². The Bertz CT molecular complexity index is 827. The topological polar surface area (TPSA) is 23.8 Å². The Labute approximate surface area is 129 Å². The lowest BCUT2D eigenvalue weighted by Gasteiger charge is -2.16. The number of benzene rings is 2. The first-order valence-corrected chi connectivity index (χ1v) is 6.13. The Morgan fingerprint density at radius 1 is 0.792 bits per heavy atom. The molecule has 0 bridgehead atoms. The zero-order valence-electron chi connectivity index (χ0n) is 11.4. The number of halogens is 8. The quantitative estimate of drug-likeness (QED) is 0.619. The van der Waals surface area contributed by atoms with Crippen LogP contribution in [0.15, 0.2) is 30.3 Å². The lowest BCUT2D eigenvalue weighted by Crippen LogP contribution is -2.12. The van der Waals surface area contributed by atoms with Gasteiger partial charge < -0.3 is 0 Å². The molecule has 9 heteroatoms. The number of hydrogen-bond donors (Lipinski definition) is 0. The van der Waals surface area contributed by atoms with E-state index < -0.39 is 51.8 Å². The molecule has 2 rings (SSSR count). The Morgan fingerprint density at radius 3 is 1.88 bits per heavy atom. The maximum absolute atomic E-state index is 14.1. The third-order valence-corrected chi connectivity index (χ3v) is 3.15. The summed E-state index contributed by atoms with van der Waals surface area (Å²) in [6, 6.07) is 2.97. The maximum atomic E-state index is 14.1. The molecule has 0 aliphatic heterocycles. The minimum absolute atomic E-state index is 0.163. The molecule has 0 spiro atoms. The normalized spacial score (nSPS) is 12.1. The van der Waals surface area contributed by atoms with E-state index in [1.54, 1.807) is 0 Å². The van der Waals surface area contributed by atoms with Crippen molar-refractivity contribution in [1.82, 2.24) is 0 Å². The third kappa shape index (κ3) is 3.18. The fourth-order valence-corrected chi connectivity index (χ4v) is 2.05. The molecule has 0 saturated carbocycles. The van der Waals surface area contributed by atoms with Crippen LogP contribution in [-0.2, 0) is 12.4 Å². The van der Waals surface area contributed by atoms with Crippen LogP contribution in [0.1, 0.15) is 16.7 Å². The van der Waals surface area contributed by atoms with Crippen LogP contribution in [-0.4, -0.2) is 0 Å². The highest BCUT2D eigenvalue weighted by molar-refractivity contribution is 5.71. The molecule has 0 aliphatic rings. The van der Waals surface area contributed by atoms with Crippen LogP contribution in [0, 0.1) is 23.0 Å². The van der Waals surface area contributed by atoms with Gasteiger partial charge in [-0.25, -0.2) is 8.78 Å². The second-order valence-corrected chi connectivity index (χ2v) is 4.65. The van der Waals surface area contributed by atoms with Crippen molar-refractivity contribution in [2.75, 3.05) is 0 Å². The Hall–Kier alpha value is -2.63. The van der Waals surface area contributed by atoms with Crippen LogP contribution in [0.2, 0.25) is 0 Å². The van der Waals surface area contributed by atoms with E-state index >= 15 is 0 Å². The Kier molecular flexibility index (Phi) is 4.27. The summed E-state index contributed by atoms with van der Waals surface area (Å²) < 4.78 is 104. The van der Waals surface area contributed by atoms with Crippen LogP contribution in [0.4, 0.5) is 35.1 Å². The third-order valence-electron chi connectivity index (χ3n) is 3.15. The predicted octanol–water partition coefficient (Wildman–Crippen LogP) is 5.54. The van der Waals surface area contributed by atoms with Crippen molar-refractivity contribution in [3.63, 3.8) is 0 Å². The molecule has 2 aromatic carbocycles. The summed E-state index contributed by atoms with van der Waals surface area (Å²) in [5.74, 6) is -2.87.